The van der Waals surface area contributed by atoms with E-state index >= 15 is 0 Å². The Hall–Kier alpha value is -3.52. The maximum Gasteiger partial charge on any atom is 0.257 e. The number of halogens is 3. The number of carbonyl (C=O) groups excluding carboxylic acids is 2. The number of benzene rings is 3. The fourth-order valence-corrected chi connectivity index (χ4v) is 4.87. The molecule has 40 heavy (non-hydrogen) atoms. The molecule has 3 aromatic carbocycles. The van der Waals surface area contributed by atoms with E-state index in [1.165, 1.54) is 0 Å². The first kappa shape index (κ1) is 29.5. The van der Waals surface area contributed by atoms with E-state index in [0.717, 1.165) is 6.42 Å². The van der Waals surface area contributed by atoms with Crippen molar-refractivity contribution in [2.24, 2.45) is 0 Å². The summed E-state index contributed by atoms with van der Waals surface area (Å²) in [5.41, 5.74) is 2.97. The Morgan fingerprint density at radius 3 is 2.35 bits per heavy atom. The highest BCUT2D eigenvalue weighted by atomic mass is 35.5. The van der Waals surface area contributed by atoms with Crippen LogP contribution < -0.4 is 15.4 Å². The maximum absolute atomic E-state index is 12.9. The highest BCUT2D eigenvalue weighted by Gasteiger charge is 2.24. The number of hydrogen-bond donors (Lipinski definition) is 2. The maximum atomic E-state index is 12.9. The monoisotopic (exact) mass is 599 g/mol. The smallest absolute Gasteiger partial charge is 0.257 e. The fraction of sp³-hybridized carbons (Fsp3) is 0.233. The summed E-state index contributed by atoms with van der Waals surface area (Å²) in [6.07, 6.45) is 0.828. The van der Waals surface area contributed by atoms with Crippen LogP contribution in [0.15, 0.2) is 65.2 Å². The van der Waals surface area contributed by atoms with Crippen molar-refractivity contribution >= 4 is 52.3 Å². The quantitative estimate of drug-likeness (QED) is 0.191. The lowest BCUT2D eigenvalue weighted by atomic mass is 10.0. The van der Waals surface area contributed by atoms with E-state index in [4.69, 9.17) is 44.1 Å². The number of rotatable bonds is 10. The number of nitrogens with zero attached hydrogens (tertiary/aromatic N) is 1. The highest BCUT2D eigenvalue weighted by Crippen LogP contribution is 2.39. The van der Waals surface area contributed by atoms with Crippen LogP contribution in [0.1, 0.15) is 65.1 Å². The van der Waals surface area contributed by atoms with Crippen molar-refractivity contribution in [1.82, 2.24) is 10.5 Å². The molecule has 1 aromatic heterocycles. The van der Waals surface area contributed by atoms with Gasteiger partial charge in [-0.1, -0.05) is 72.9 Å². The summed E-state index contributed by atoms with van der Waals surface area (Å²) in [5, 5.41) is 10.9. The van der Waals surface area contributed by atoms with Gasteiger partial charge in [-0.25, -0.2) is 0 Å². The number of anilines is 1. The first-order valence-corrected chi connectivity index (χ1v) is 13.9. The zero-order chi connectivity index (χ0) is 28.8. The van der Waals surface area contributed by atoms with Crippen molar-refractivity contribution in [2.75, 3.05) is 11.9 Å². The molecule has 0 spiro atoms. The van der Waals surface area contributed by atoms with Gasteiger partial charge in [-0.05, 0) is 55.0 Å². The fourth-order valence-electron chi connectivity index (χ4n) is 4.04. The molecule has 0 atom stereocenters. The molecule has 4 rings (SSSR count). The van der Waals surface area contributed by atoms with E-state index < -0.39 is 5.91 Å². The minimum atomic E-state index is -0.417. The third kappa shape index (κ3) is 6.78. The third-order valence-electron chi connectivity index (χ3n) is 6.03. The van der Waals surface area contributed by atoms with Crippen LogP contribution in [0.25, 0.3) is 11.3 Å². The molecule has 0 saturated heterocycles. The van der Waals surface area contributed by atoms with E-state index in [2.05, 4.69) is 15.8 Å². The Morgan fingerprint density at radius 1 is 0.950 bits per heavy atom. The van der Waals surface area contributed by atoms with Crippen molar-refractivity contribution in [3.8, 4) is 17.0 Å². The summed E-state index contributed by atoms with van der Waals surface area (Å²) in [7, 11) is 0. The van der Waals surface area contributed by atoms with Gasteiger partial charge in [0.25, 0.3) is 11.8 Å². The standard InChI is InChI=1S/C30H28Cl3N3O4/c1-4-13-34-29(37)18-7-5-8-19(14-18)35-30(38)21-12-11-20(15-25(21)33)39-16-22-27(36-40-28(22)17(2)3)26-23(31)9-6-10-24(26)32/h5-12,14-15,17H,4,13,16H2,1-3H3,(H,34,37)(H,35,38). The highest BCUT2D eigenvalue weighted by molar-refractivity contribution is 6.39. The summed E-state index contributed by atoms with van der Waals surface area (Å²) in [4.78, 5) is 25.2. The molecule has 2 amide bonds. The number of amides is 2. The molecule has 7 nitrogen and oxygen atoms in total. The summed E-state index contributed by atoms with van der Waals surface area (Å²) in [6, 6.07) is 16.7. The number of hydrogen-bond acceptors (Lipinski definition) is 5. The molecular formula is C30H28Cl3N3O4. The summed E-state index contributed by atoms with van der Waals surface area (Å²) in [6.45, 7) is 6.63. The number of nitrogens with one attached hydrogen (secondary N) is 2. The van der Waals surface area contributed by atoms with Crippen molar-refractivity contribution in [1.29, 1.82) is 0 Å². The van der Waals surface area contributed by atoms with Crippen LogP contribution in [-0.4, -0.2) is 23.5 Å². The molecule has 0 aliphatic rings. The van der Waals surface area contributed by atoms with Gasteiger partial charge in [0.1, 0.15) is 23.8 Å². The van der Waals surface area contributed by atoms with Crippen LogP contribution in [0.4, 0.5) is 5.69 Å². The molecule has 0 aliphatic heterocycles. The Balaban J connectivity index is 1.50. The molecule has 2 N–H and O–H groups in total. The molecule has 208 valence electrons. The van der Waals surface area contributed by atoms with Gasteiger partial charge in [0.15, 0.2) is 0 Å². The summed E-state index contributed by atoms with van der Waals surface area (Å²) >= 11 is 19.3. The zero-order valence-electron chi connectivity index (χ0n) is 22.2. The van der Waals surface area contributed by atoms with Crippen LogP contribution in [0.5, 0.6) is 5.75 Å². The molecule has 0 aliphatic carbocycles. The Kier molecular flexibility index (Phi) is 9.74. The predicted octanol–water partition coefficient (Wildman–Crippen LogP) is 8.40. The Bertz CT molecular complexity index is 1510. The van der Waals surface area contributed by atoms with Gasteiger partial charge in [-0.15, -0.1) is 0 Å². The predicted molar refractivity (Wildman–Crippen MR) is 159 cm³/mol. The normalized spacial score (nSPS) is 11.0. The molecule has 1 heterocycles. The largest absolute Gasteiger partial charge is 0.489 e. The SMILES string of the molecule is CCCNC(=O)c1cccc(NC(=O)c2ccc(OCc3c(-c4c(Cl)cccc4Cl)noc3C(C)C)cc2Cl)c1. The third-order valence-corrected chi connectivity index (χ3v) is 6.97. The second-order valence-electron chi connectivity index (χ2n) is 9.35. The lowest BCUT2D eigenvalue weighted by Crippen LogP contribution is -2.24. The topological polar surface area (TPSA) is 93.5 Å². The second kappa shape index (κ2) is 13.2. The van der Waals surface area contributed by atoms with Crippen molar-refractivity contribution in [2.45, 2.75) is 39.7 Å². The summed E-state index contributed by atoms with van der Waals surface area (Å²) < 4.78 is 11.7. The van der Waals surface area contributed by atoms with Crippen LogP contribution in [0, 0.1) is 0 Å². The van der Waals surface area contributed by atoms with E-state index in [0.29, 0.717) is 56.2 Å². The van der Waals surface area contributed by atoms with Crippen molar-refractivity contribution < 1.29 is 18.8 Å². The number of aromatic nitrogens is 1. The van der Waals surface area contributed by atoms with E-state index in [1.807, 2.05) is 20.8 Å². The van der Waals surface area contributed by atoms with Gasteiger partial charge < -0.3 is 19.9 Å². The second-order valence-corrected chi connectivity index (χ2v) is 10.6. The average Bonchev–Trinajstić information content (AvgIpc) is 3.34. The van der Waals surface area contributed by atoms with Crippen LogP contribution in [0.3, 0.4) is 0 Å². The molecule has 0 fully saturated rings. The van der Waals surface area contributed by atoms with Gasteiger partial charge in [0, 0.05) is 29.3 Å². The Labute approximate surface area is 247 Å². The molecule has 0 bridgehead atoms. The minimum absolute atomic E-state index is 0.0343. The Morgan fingerprint density at radius 2 is 1.68 bits per heavy atom. The molecule has 0 unspecified atom stereocenters. The van der Waals surface area contributed by atoms with E-state index in [9.17, 15) is 9.59 Å². The van der Waals surface area contributed by atoms with Crippen LogP contribution in [-0.2, 0) is 6.61 Å². The number of ether oxygens (including phenoxy) is 1. The van der Waals surface area contributed by atoms with Crippen LogP contribution in [0.2, 0.25) is 15.1 Å². The van der Waals surface area contributed by atoms with Crippen molar-refractivity contribution in [3.05, 3.63) is 98.2 Å². The van der Waals surface area contributed by atoms with Crippen molar-refractivity contribution in [3.63, 3.8) is 0 Å². The summed E-state index contributed by atoms with van der Waals surface area (Å²) in [5.74, 6) is 0.513. The van der Waals surface area contributed by atoms with Gasteiger partial charge in [-0.3, -0.25) is 9.59 Å². The molecular weight excluding hydrogens is 573 g/mol. The van der Waals surface area contributed by atoms with Crippen LogP contribution >= 0.6 is 34.8 Å². The van der Waals surface area contributed by atoms with Gasteiger partial charge in [-0.2, -0.15) is 0 Å². The first-order valence-electron chi connectivity index (χ1n) is 12.7. The van der Waals surface area contributed by atoms with Gasteiger partial charge >= 0.3 is 0 Å². The lowest BCUT2D eigenvalue weighted by Gasteiger charge is -2.12. The molecule has 0 radical (unpaired) electrons. The molecule has 10 heteroatoms. The molecule has 4 aromatic rings. The van der Waals surface area contributed by atoms with E-state index in [-0.39, 0.29) is 29.0 Å². The first-order chi connectivity index (χ1) is 19.2. The molecule has 0 saturated carbocycles. The average molecular weight is 601 g/mol. The lowest BCUT2D eigenvalue weighted by molar-refractivity contribution is 0.0952. The zero-order valence-corrected chi connectivity index (χ0v) is 24.5. The number of carbonyl (C=O) groups is 2. The van der Waals surface area contributed by atoms with E-state index in [1.54, 1.807) is 60.7 Å². The van der Waals surface area contributed by atoms with Gasteiger partial charge in [0.2, 0.25) is 0 Å². The van der Waals surface area contributed by atoms with Gasteiger partial charge in [0.05, 0.1) is 26.2 Å². The minimum Gasteiger partial charge on any atom is -0.489 e.